The average molecular weight is 733 g/mol. The van der Waals surface area contributed by atoms with Gasteiger partial charge in [0.05, 0.1) is 28.4 Å². The number of ether oxygens (including phenoxy) is 4. The third-order valence-corrected chi connectivity index (χ3v) is 11.5. The maximum absolute atomic E-state index is 12.5. The SMILES string of the molecule is COc1cc2c(cc1OC)CN1CCC(NC(=O)c3ccccc3)CC1C2.COc1cc2c(cc1OC)CN1CCC(NC(=O)c3ccccc3)CC1C2. The highest BCUT2D eigenvalue weighted by Crippen LogP contribution is 2.38. The second-order valence-corrected chi connectivity index (χ2v) is 14.7. The van der Waals surface area contributed by atoms with Crippen LogP contribution in [0.15, 0.2) is 84.9 Å². The van der Waals surface area contributed by atoms with E-state index in [9.17, 15) is 9.59 Å². The number of nitrogens with one attached hydrogen (secondary N) is 2. The summed E-state index contributed by atoms with van der Waals surface area (Å²) < 4.78 is 21.8. The molecule has 0 saturated carbocycles. The van der Waals surface area contributed by atoms with Gasteiger partial charge in [-0.2, -0.15) is 0 Å². The second-order valence-electron chi connectivity index (χ2n) is 14.7. The van der Waals surface area contributed by atoms with Crippen LogP contribution in [0, 0.1) is 0 Å². The van der Waals surface area contributed by atoms with E-state index in [1.165, 1.54) is 22.3 Å². The predicted octanol–water partition coefficient (Wildman–Crippen LogP) is 6.05. The average Bonchev–Trinajstić information content (AvgIpc) is 3.21. The predicted molar refractivity (Wildman–Crippen MR) is 209 cm³/mol. The first-order chi connectivity index (χ1) is 26.3. The highest BCUT2D eigenvalue weighted by atomic mass is 16.5. The Balaban J connectivity index is 0.000000167. The summed E-state index contributed by atoms with van der Waals surface area (Å²) in [7, 11) is 6.71. The number of hydrogen-bond donors (Lipinski definition) is 2. The molecule has 10 nitrogen and oxygen atoms in total. The van der Waals surface area contributed by atoms with Gasteiger partial charge in [0.25, 0.3) is 11.8 Å². The summed E-state index contributed by atoms with van der Waals surface area (Å²) >= 11 is 0. The minimum absolute atomic E-state index is 0.0247. The van der Waals surface area contributed by atoms with Gasteiger partial charge >= 0.3 is 0 Å². The Labute approximate surface area is 318 Å². The number of hydrogen-bond acceptors (Lipinski definition) is 8. The van der Waals surface area contributed by atoms with Gasteiger partial charge in [0.2, 0.25) is 0 Å². The summed E-state index contributed by atoms with van der Waals surface area (Å²) in [5, 5.41) is 6.45. The van der Waals surface area contributed by atoms with E-state index in [0.717, 1.165) is 98.8 Å². The minimum atomic E-state index is 0.0247. The number of amides is 2. The summed E-state index contributed by atoms with van der Waals surface area (Å²) in [4.78, 5) is 30.0. The van der Waals surface area contributed by atoms with Crippen molar-refractivity contribution in [2.24, 2.45) is 0 Å². The molecule has 0 radical (unpaired) electrons. The van der Waals surface area contributed by atoms with Crippen molar-refractivity contribution in [3.63, 3.8) is 0 Å². The van der Waals surface area contributed by atoms with Crippen molar-refractivity contribution in [3.05, 3.63) is 118 Å². The van der Waals surface area contributed by atoms with Crippen LogP contribution >= 0.6 is 0 Å². The third kappa shape index (κ3) is 8.35. The number of fused-ring (bicyclic) bond motifs is 4. The monoisotopic (exact) mass is 732 g/mol. The van der Waals surface area contributed by atoms with Crippen LogP contribution in [0.25, 0.3) is 0 Å². The normalized spacial score (nSPS) is 21.7. The Morgan fingerprint density at radius 2 is 0.889 bits per heavy atom. The van der Waals surface area contributed by atoms with E-state index >= 15 is 0 Å². The zero-order chi connectivity index (χ0) is 37.6. The fourth-order valence-corrected chi connectivity index (χ4v) is 8.57. The number of benzene rings is 4. The summed E-state index contributed by atoms with van der Waals surface area (Å²) in [6.45, 7) is 3.86. The molecule has 0 aliphatic carbocycles. The maximum atomic E-state index is 12.5. The molecule has 4 aromatic carbocycles. The number of carbonyl (C=O) groups is 2. The van der Waals surface area contributed by atoms with Crippen molar-refractivity contribution < 1.29 is 28.5 Å². The smallest absolute Gasteiger partial charge is 0.251 e. The van der Waals surface area contributed by atoms with Gasteiger partial charge < -0.3 is 29.6 Å². The molecule has 4 atom stereocenters. The Morgan fingerprint density at radius 3 is 1.24 bits per heavy atom. The van der Waals surface area contributed by atoms with Crippen molar-refractivity contribution >= 4 is 11.8 Å². The van der Waals surface area contributed by atoms with Crippen molar-refractivity contribution in [1.82, 2.24) is 20.4 Å². The van der Waals surface area contributed by atoms with Crippen LogP contribution in [0.2, 0.25) is 0 Å². The summed E-state index contributed by atoms with van der Waals surface area (Å²) in [5.41, 5.74) is 6.73. The first kappa shape index (κ1) is 37.3. The summed E-state index contributed by atoms with van der Waals surface area (Å²) in [6.07, 6.45) is 5.88. The van der Waals surface area contributed by atoms with Gasteiger partial charge in [-0.15, -0.1) is 0 Å². The number of carbonyl (C=O) groups excluding carboxylic acids is 2. The van der Waals surface area contributed by atoms with E-state index in [1.807, 2.05) is 60.7 Å². The van der Waals surface area contributed by atoms with Gasteiger partial charge in [-0.3, -0.25) is 19.4 Å². The number of methoxy groups -OCH3 is 4. The van der Waals surface area contributed by atoms with Gasteiger partial charge in [0.15, 0.2) is 23.0 Å². The maximum Gasteiger partial charge on any atom is 0.251 e. The molecular weight excluding hydrogens is 681 g/mol. The molecule has 2 N–H and O–H groups in total. The molecule has 284 valence electrons. The van der Waals surface area contributed by atoms with Gasteiger partial charge in [-0.05, 0) is 109 Å². The van der Waals surface area contributed by atoms with Crippen molar-refractivity contribution in [1.29, 1.82) is 0 Å². The first-order valence-electron chi connectivity index (χ1n) is 19.0. The molecule has 0 aromatic heterocycles. The van der Waals surface area contributed by atoms with E-state index in [-0.39, 0.29) is 23.9 Å². The molecule has 0 bridgehead atoms. The largest absolute Gasteiger partial charge is 0.493 e. The quantitative estimate of drug-likeness (QED) is 0.226. The summed E-state index contributed by atoms with van der Waals surface area (Å²) in [5.74, 6) is 3.21. The number of rotatable bonds is 8. The topological polar surface area (TPSA) is 102 Å². The van der Waals surface area contributed by atoms with Crippen LogP contribution < -0.4 is 29.6 Å². The third-order valence-electron chi connectivity index (χ3n) is 11.5. The van der Waals surface area contributed by atoms with Crippen LogP contribution in [-0.4, -0.2) is 87.3 Å². The Bertz CT molecular complexity index is 1780. The lowest BCUT2D eigenvalue weighted by Gasteiger charge is -2.43. The van der Waals surface area contributed by atoms with E-state index < -0.39 is 0 Å². The lowest BCUT2D eigenvalue weighted by molar-refractivity contribution is 0.0815. The van der Waals surface area contributed by atoms with E-state index in [0.29, 0.717) is 12.1 Å². The minimum Gasteiger partial charge on any atom is -0.493 e. The van der Waals surface area contributed by atoms with Crippen LogP contribution in [0.3, 0.4) is 0 Å². The molecule has 4 aliphatic rings. The molecule has 2 amide bonds. The van der Waals surface area contributed by atoms with E-state index in [4.69, 9.17) is 18.9 Å². The fraction of sp³-hybridized carbons (Fsp3) is 0.409. The molecule has 4 aliphatic heterocycles. The number of piperidine rings is 2. The highest BCUT2D eigenvalue weighted by Gasteiger charge is 2.35. The lowest BCUT2D eigenvalue weighted by Crippen LogP contribution is -2.52. The van der Waals surface area contributed by atoms with Crippen molar-refractivity contribution in [2.75, 3.05) is 41.5 Å². The molecule has 2 fully saturated rings. The lowest BCUT2D eigenvalue weighted by atomic mass is 9.86. The zero-order valence-electron chi connectivity index (χ0n) is 31.8. The van der Waals surface area contributed by atoms with Gasteiger partial charge in [-0.1, -0.05) is 36.4 Å². The molecular formula is C44H52N4O6. The molecule has 8 rings (SSSR count). The molecule has 4 heterocycles. The highest BCUT2D eigenvalue weighted by molar-refractivity contribution is 5.94. The van der Waals surface area contributed by atoms with Crippen LogP contribution in [0.5, 0.6) is 23.0 Å². The van der Waals surface area contributed by atoms with Crippen LogP contribution in [-0.2, 0) is 25.9 Å². The Hall–Kier alpha value is -5.06. The van der Waals surface area contributed by atoms with Crippen molar-refractivity contribution in [3.8, 4) is 23.0 Å². The molecule has 4 unspecified atom stereocenters. The first-order valence-corrected chi connectivity index (χ1v) is 19.0. The standard InChI is InChI=1S/2C22H26N2O3/c2*1-26-20-11-16-10-19-13-18(23-22(25)15-6-4-3-5-7-15)8-9-24(19)14-17(16)12-21(20)27-2/h2*3-7,11-12,18-19H,8-10,13-14H2,1-2H3,(H,23,25). The Kier molecular flexibility index (Phi) is 11.7. The Morgan fingerprint density at radius 1 is 0.537 bits per heavy atom. The van der Waals surface area contributed by atoms with Crippen molar-refractivity contribution in [2.45, 2.75) is 75.8 Å². The zero-order valence-corrected chi connectivity index (χ0v) is 31.8. The molecule has 10 heteroatoms. The number of nitrogens with zero attached hydrogens (tertiary/aromatic N) is 2. The van der Waals surface area contributed by atoms with Gasteiger partial charge in [0, 0.05) is 61.5 Å². The van der Waals surface area contributed by atoms with Gasteiger partial charge in [-0.25, -0.2) is 0 Å². The van der Waals surface area contributed by atoms with E-state index in [2.05, 4.69) is 44.7 Å². The second kappa shape index (κ2) is 17.0. The molecule has 2 saturated heterocycles. The van der Waals surface area contributed by atoms with E-state index in [1.54, 1.807) is 28.4 Å². The van der Waals surface area contributed by atoms with Crippen LogP contribution in [0.1, 0.15) is 68.7 Å². The molecule has 54 heavy (non-hydrogen) atoms. The van der Waals surface area contributed by atoms with Gasteiger partial charge in [0.1, 0.15) is 0 Å². The molecule has 4 aromatic rings. The summed E-state index contributed by atoms with van der Waals surface area (Å²) in [6, 6.07) is 28.7. The molecule has 0 spiro atoms. The fourth-order valence-electron chi connectivity index (χ4n) is 8.57. The van der Waals surface area contributed by atoms with Crippen LogP contribution in [0.4, 0.5) is 0 Å².